The van der Waals surface area contributed by atoms with Crippen molar-refractivity contribution < 1.29 is 13.5 Å². The van der Waals surface area contributed by atoms with Crippen LogP contribution in [-0.4, -0.2) is 7.11 Å². The Balaban J connectivity index is 2.56. The van der Waals surface area contributed by atoms with Crippen molar-refractivity contribution in [2.45, 2.75) is 6.92 Å². The van der Waals surface area contributed by atoms with Gasteiger partial charge in [0.25, 0.3) is 0 Å². The smallest absolute Gasteiger partial charge is 0.136 e. The highest BCUT2D eigenvalue weighted by Crippen LogP contribution is 2.28. The SMILES string of the molecule is COc1cccc(-c2ccc(F)c(C)c2F)c1. The van der Waals surface area contributed by atoms with Gasteiger partial charge in [-0.2, -0.15) is 0 Å². The maximum absolute atomic E-state index is 13.9. The van der Waals surface area contributed by atoms with Crippen molar-refractivity contribution >= 4 is 0 Å². The maximum atomic E-state index is 13.9. The standard InChI is InChI=1S/C14H12F2O/c1-9-13(15)7-6-12(14(9)16)10-4-3-5-11(8-10)17-2/h3-8H,1-2H3. The molecule has 17 heavy (non-hydrogen) atoms. The third-order valence-corrected chi connectivity index (χ3v) is 2.70. The number of hydrogen-bond donors (Lipinski definition) is 0. The number of methoxy groups -OCH3 is 1. The van der Waals surface area contributed by atoms with Crippen LogP contribution in [0.15, 0.2) is 36.4 Å². The Bertz CT molecular complexity index is 550. The van der Waals surface area contributed by atoms with Crippen molar-refractivity contribution in [1.82, 2.24) is 0 Å². The molecule has 0 radical (unpaired) electrons. The number of benzene rings is 2. The fraction of sp³-hybridized carbons (Fsp3) is 0.143. The first-order valence-corrected chi connectivity index (χ1v) is 5.22. The van der Waals surface area contributed by atoms with Crippen molar-refractivity contribution in [3.63, 3.8) is 0 Å². The number of ether oxygens (including phenoxy) is 1. The van der Waals surface area contributed by atoms with E-state index in [1.807, 2.05) is 0 Å². The Morgan fingerprint density at radius 1 is 1.06 bits per heavy atom. The van der Waals surface area contributed by atoms with Gasteiger partial charge in [0.15, 0.2) is 0 Å². The van der Waals surface area contributed by atoms with Crippen LogP contribution in [0, 0.1) is 18.6 Å². The molecule has 1 nitrogen and oxygen atoms in total. The second kappa shape index (κ2) is 4.53. The molecular formula is C14H12F2O. The van der Waals surface area contributed by atoms with Crippen LogP contribution < -0.4 is 4.74 Å². The Hall–Kier alpha value is -1.90. The molecule has 2 aromatic rings. The zero-order valence-corrected chi connectivity index (χ0v) is 9.63. The lowest BCUT2D eigenvalue weighted by atomic mass is 10.0. The van der Waals surface area contributed by atoms with E-state index in [9.17, 15) is 8.78 Å². The van der Waals surface area contributed by atoms with Crippen molar-refractivity contribution in [3.05, 3.63) is 53.6 Å². The average Bonchev–Trinajstić information content (AvgIpc) is 2.36. The molecule has 0 aliphatic carbocycles. The van der Waals surface area contributed by atoms with Crippen LogP contribution in [0.1, 0.15) is 5.56 Å². The largest absolute Gasteiger partial charge is 0.497 e. The molecule has 0 saturated heterocycles. The van der Waals surface area contributed by atoms with Gasteiger partial charge in [0.1, 0.15) is 17.4 Å². The molecule has 0 aliphatic rings. The summed E-state index contributed by atoms with van der Waals surface area (Å²) >= 11 is 0. The summed E-state index contributed by atoms with van der Waals surface area (Å²) in [6, 6.07) is 9.73. The summed E-state index contributed by atoms with van der Waals surface area (Å²) in [5, 5.41) is 0. The van der Waals surface area contributed by atoms with Gasteiger partial charge in [0.05, 0.1) is 7.11 Å². The minimum atomic E-state index is -0.533. The van der Waals surface area contributed by atoms with Crippen molar-refractivity contribution in [2.75, 3.05) is 7.11 Å². The molecular weight excluding hydrogens is 222 g/mol. The Morgan fingerprint density at radius 2 is 1.82 bits per heavy atom. The molecule has 88 valence electrons. The number of hydrogen-bond acceptors (Lipinski definition) is 1. The molecule has 0 aromatic heterocycles. The second-order valence-electron chi connectivity index (χ2n) is 3.77. The summed E-state index contributed by atoms with van der Waals surface area (Å²) < 4.78 is 32.1. The van der Waals surface area contributed by atoms with Crippen molar-refractivity contribution in [1.29, 1.82) is 0 Å². The first-order chi connectivity index (χ1) is 8.13. The van der Waals surface area contributed by atoms with Gasteiger partial charge >= 0.3 is 0 Å². The summed E-state index contributed by atoms with van der Waals surface area (Å²) in [6.07, 6.45) is 0. The number of halogens is 2. The van der Waals surface area contributed by atoms with Gasteiger partial charge in [-0.3, -0.25) is 0 Å². The lowest BCUT2D eigenvalue weighted by molar-refractivity contribution is 0.415. The average molecular weight is 234 g/mol. The van der Waals surface area contributed by atoms with Crippen LogP contribution in [0.2, 0.25) is 0 Å². The second-order valence-corrected chi connectivity index (χ2v) is 3.77. The zero-order valence-electron chi connectivity index (χ0n) is 9.63. The van der Waals surface area contributed by atoms with Crippen LogP contribution in [0.5, 0.6) is 5.75 Å². The van der Waals surface area contributed by atoms with E-state index in [2.05, 4.69) is 0 Å². The molecule has 0 spiro atoms. The fourth-order valence-electron chi connectivity index (χ4n) is 1.68. The minimum absolute atomic E-state index is 0.0327. The normalized spacial score (nSPS) is 10.4. The molecule has 3 heteroatoms. The maximum Gasteiger partial charge on any atom is 0.136 e. The van der Waals surface area contributed by atoms with E-state index in [0.29, 0.717) is 16.9 Å². The van der Waals surface area contributed by atoms with Crippen LogP contribution in [-0.2, 0) is 0 Å². The van der Waals surface area contributed by atoms with Gasteiger partial charge in [0, 0.05) is 11.1 Å². The predicted octanol–water partition coefficient (Wildman–Crippen LogP) is 3.95. The molecule has 2 aromatic carbocycles. The molecule has 0 atom stereocenters. The fourth-order valence-corrected chi connectivity index (χ4v) is 1.68. The van der Waals surface area contributed by atoms with E-state index in [1.165, 1.54) is 19.1 Å². The first-order valence-electron chi connectivity index (χ1n) is 5.22. The van der Waals surface area contributed by atoms with Crippen LogP contribution in [0.4, 0.5) is 8.78 Å². The molecule has 0 heterocycles. The van der Waals surface area contributed by atoms with Gasteiger partial charge in [0.2, 0.25) is 0 Å². The van der Waals surface area contributed by atoms with Crippen molar-refractivity contribution in [3.8, 4) is 16.9 Å². The van der Waals surface area contributed by atoms with Gasteiger partial charge in [-0.25, -0.2) is 8.78 Å². The zero-order chi connectivity index (χ0) is 12.4. The Kier molecular flexibility index (Phi) is 3.09. The van der Waals surface area contributed by atoms with Crippen LogP contribution >= 0.6 is 0 Å². The minimum Gasteiger partial charge on any atom is -0.497 e. The summed E-state index contributed by atoms with van der Waals surface area (Å²) in [7, 11) is 1.55. The monoisotopic (exact) mass is 234 g/mol. The molecule has 0 unspecified atom stereocenters. The van der Waals surface area contributed by atoms with E-state index in [0.717, 1.165) is 0 Å². The summed E-state index contributed by atoms with van der Waals surface area (Å²) in [6.45, 7) is 1.42. The Morgan fingerprint density at radius 3 is 2.53 bits per heavy atom. The third-order valence-electron chi connectivity index (χ3n) is 2.70. The van der Waals surface area contributed by atoms with Gasteiger partial charge in [-0.1, -0.05) is 12.1 Å². The van der Waals surface area contributed by atoms with Gasteiger partial charge < -0.3 is 4.74 Å². The van der Waals surface area contributed by atoms with Gasteiger partial charge in [-0.15, -0.1) is 0 Å². The highest BCUT2D eigenvalue weighted by molar-refractivity contribution is 5.66. The van der Waals surface area contributed by atoms with E-state index in [4.69, 9.17) is 4.74 Å². The molecule has 0 N–H and O–H groups in total. The molecule has 0 fully saturated rings. The first kappa shape index (κ1) is 11.6. The van der Waals surface area contributed by atoms with Crippen LogP contribution in [0.25, 0.3) is 11.1 Å². The number of rotatable bonds is 2. The summed E-state index contributed by atoms with van der Waals surface area (Å²) in [5.74, 6) is -0.420. The van der Waals surface area contributed by atoms with Crippen molar-refractivity contribution in [2.24, 2.45) is 0 Å². The predicted molar refractivity (Wildman–Crippen MR) is 63.1 cm³/mol. The Labute approximate surface area is 98.7 Å². The highest BCUT2D eigenvalue weighted by atomic mass is 19.1. The topological polar surface area (TPSA) is 9.23 Å². The van der Waals surface area contributed by atoms with E-state index < -0.39 is 11.6 Å². The molecule has 0 saturated carbocycles. The van der Waals surface area contributed by atoms with Crippen LogP contribution in [0.3, 0.4) is 0 Å². The van der Waals surface area contributed by atoms with E-state index in [1.54, 1.807) is 31.4 Å². The molecule has 0 aliphatic heterocycles. The molecule has 0 bridgehead atoms. The molecule has 2 rings (SSSR count). The lowest BCUT2D eigenvalue weighted by Crippen LogP contribution is -1.93. The third kappa shape index (κ3) is 2.13. The quantitative estimate of drug-likeness (QED) is 0.764. The van der Waals surface area contributed by atoms with E-state index in [-0.39, 0.29) is 5.56 Å². The summed E-state index contributed by atoms with van der Waals surface area (Å²) in [5.41, 5.74) is 1.08. The van der Waals surface area contributed by atoms with Gasteiger partial charge in [-0.05, 0) is 36.8 Å². The lowest BCUT2D eigenvalue weighted by Gasteiger charge is -2.08. The summed E-state index contributed by atoms with van der Waals surface area (Å²) in [4.78, 5) is 0. The van der Waals surface area contributed by atoms with E-state index >= 15 is 0 Å². The highest BCUT2D eigenvalue weighted by Gasteiger charge is 2.11. The molecule has 0 amide bonds.